The Balaban J connectivity index is 1.86. The monoisotopic (exact) mass is 355 g/mol. The van der Waals surface area contributed by atoms with Crippen LogP contribution in [0, 0.1) is 0 Å². The van der Waals surface area contributed by atoms with E-state index in [2.05, 4.69) is 14.9 Å². The van der Waals surface area contributed by atoms with E-state index in [1.807, 2.05) is 30.3 Å². The van der Waals surface area contributed by atoms with Crippen LogP contribution in [-0.4, -0.2) is 30.2 Å². The molecule has 0 saturated carbocycles. The molecule has 0 aliphatic carbocycles. The first kappa shape index (κ1) is 16.0. The van der Waals surface area contributed by atoms with Gasteiger partial charge in [0, 0.05) is 18.7 Å². The number of hydrogen-bond acceptors (Lipinski definition) is 4. The number of H-pyrrole nitrogens is 1. The Labute approximate surface area is 150 Å². The van der Waals surface area contributed by atoms with Gasteiger partial charge in [-0.05, 0) is 37.1 Å². The molecule has 1 aliphatic rings. The van der Waals surface area contributed by atoms with Crippen LogP contribution in [0.5, 0.6) is 5.75 Å². The molecule has 6 heteroatoms. The lowest BCUT2D eigenvalue weighted by atomic mass is 10.1. The highest BCUT2D eigenvalue weighted by Crippen LogP contribution is 2.39. The molecular formula is C19H18ClN3O2. The minimum atomic E-state index is -0.181. The quantitative estimate of drug-likeness (QED) is 0.775. The number of rotatable bonds is 3. The minimum absolute atomic E-state index is 0.181. The molecule has 1 aliphatic heterocycles. The predicted octanol–water partition coefficient (Wildman–Crippen LogP) is 3.85. The molecule has 128 valence electrons. The molecule has 0 spiro atoms. The maximum absolute atomic E-state index is 12.3. The summed E-state index contributed by atoms with van der Waals surface area (Å²) >= 11 is 6.53. The number of anilines is 1. The second kappa shape index (κ2) is 6.41. The van der Waals surface area contributed by atoms with Crippen molar-refractivity contribution < 1.29 is 4.74 Å². The normalized spacial score (nSPS) is 14.2. The van der Waals surface area contributed by atoms with Crippen LogP contribution in [0.3, 0.4) is 0 Å². The zero-order valence-corrected chi connectivity index (χ0v) is 14.6. The largest absolute Gasteiger partial charge is 0.495 e. The molecular weight excluding hydrogens is 338 g/mol. The van der Waals surface area contributed by atoms with Crippen LogP contribution in [0.2, 0.25) is 5.02 Å². The molecule has 25 heavy (non-hydrogen) atoms. The second-order valence-electron chi connectivity index (χ2n) is 6.13. The molecule has 5 nitrogen and oxygen atoms in total. The molecule has 4 rings (SSSR count). The topological polar surface area (TPSA) is 58.2 Å². The van der Waals surface area contributed by atoms with E-state index in [4.69, 9.17) is 16.3 Å². The number of para-hydroxylation sites is 1. The summed E-state index contributed by atoms with van der Waals surface area (Å²) in [5.41, 5.74) is 2.10. The number of aromatic nitrogens is 2. The predicted molar refractivity (Wildman–Crippen MR) is 101 cm³/mol. The van der Waals surface area contributed by atoms with Crippen LogP contribution in [0.25, 0.3) is 22.3 Å². The van der Waals surface area contributed by atoms with E-state index in [1.165, 1.54) is 12.8 Å². The Morgan fingerprint density at radius 2 is 1.96 bits per heavy atom. The van der Waals surface area contributed by atoms with Crippen molar-refractivity contribution in [3.8, 4) is 17.1 Å². The summed E-state index contributed by atoms with van der Waals surface area (Å²) in [6.45, 7) is 1.99. The van der Waals surface area contributed by atoms with Gasteiger partial charge in [-0.1, -0.05) is 23.7 Å². The van der Waals surface area contributed by atoms with Crippen LogP contribution in [-0.2, 0) is 0 Å². The average molecular weight is 356 g/mol. The zero-order chi connectivity index (χ0) is 17.4. The number of aromatic amines is 1. The van der Waals surface area contributed by atoms with Crippen molar-refractivity contribution in [2.45, 2.75) is 12.8 Å². The Kier molecular flexibility index (Phi) is 4.09. The third-order valence-corrected chi connectivity index (χ3v) is 4.90. The summed E-state index contributed by atoms with van der Waals surface area (Å²) in [4.78, 5) is 22.0. The van der Waals surface area contributed by atoms with Gasteiger partial charge in [0.25, 0.3) is 5.56 Å². The number of methoxy groups -OCH3 is 1. The Hall–Kier alpha value is -2.53. The van der Waals surface area contributed by atoms with E-state index in [0.29, 0.717) is 27.3 Å². The van der Waals surface area contributed by atoms with E-state index in [-0.39, 0.29) is 5.56 Å². The number of nitrogens with zero attached hydrogens (tertiary/aromatic N) is 2. The molecule has 1 N–H and O–H groups in total. The Morgan fingerprint density at radius 3 is 2.72 bits per heavy atom. The van der Waals surface area contributed by atoms with Gasteiger partial charge in [-0.2, -0.15) is 0 Å². The third-order valence-electron chi connectivity index (χ3n) is 4.58. The van der Waals surface area contributed by atoms with Gasteiger partial charge >= 0.3 is 0 Å². The van der Waals surface area contributed by atoms with E-state index >= 15 is 0 Å². The Bertz CT molecular complexity index is 994. The van der Waals surface area contributed by atoms with Crippen molar-refractivity contribution in [1.82, 2.24) is 9.97 Å². The number of hydrogen-bond donors (Lipinski definition) is 1. The molecule has 3 aromatic rings. The fourth-order valence-electron chi connectivity index (χ4n) is 3.31. The lowest BCUT2D eigenvalue weighted by molar-refractivity contribution is 0.415. The Morgan fingerprint density at radius 1 is 1.20 bits per heavy atom. The van der Waals surface area contributed by atoms with Gasteiger partial charge < -0.3 is 14.6 Å². The van der Waals surface area contributed by atoms with Crippen molar-refractivity contribution in [2.24, 2.45) is 0 Å². The highest BCUT2D eigenvalue weighted by atomic mass is 35.5. The van der Waals surface area contributed by atoms with Crippen LogP contribution >= 0.6 is 11.6 Å². The summed E-state index contributed by atoms with van der Waals surface area (Å²) < 4.78 is 5.57. The van der Waals surface area contributed by atoms with E-state index in [1.54, 1.807) is 13.2 Å². The third kappa shape index (κ3) is 2.85. The van der Waals surface area contributed by atoms with Gasteiger partial charge in [-0.3, -0.25) is 4.79 Å². The standard InChI is InChI=1S/C19H18ClN3O2/c1-25-17-10-13(14(20)11-16(17)23-8-4-5-9-23)18-21-15-7-3-2-6-12(15)19(24)22-18/h2-3,6-7,10-11H,4-5,8-9H2,1H3,(H,21,22,24). The van der Waals surface area contributed by atoms with Crippen LogP contribution in [0.15, 0.2) is 41.2 Å². The first-order valence-electron chi connectivity index (χ1n) is 8.29. The SMILES string of the molecule is COc1cc(-c2nc3ccccc3c(=O)[nH]2)c(Cl)cc1N1CCCC1. The molecule has 0 atom stereocenters. The first-order chi connectivity index (χ1) is 12.2. The van der Waals surface area contributed by atoms with Gasteiger partial charge in [-0.25, -0.2) is 4.98 Å². The summed E-state index contributed by atoms with van der Waals surface area (Å²) in [6.07, 6.45) is 2.34. The lowest BCUT2D eigenvalue weighted by Crippen LogP contribution is -2.18. The molecule has 0 radical (unpaired) electrons. The number of ether oxygens (including phenoxy) is 1. The minimum Gasteiger partial charge on any atom is -0.495 e. The van der Waals surface area contributed by atoms with Crippen molar-refractivity contribution in [2.75, 3.05) is 25.1 Å². The maximum atomic E-state index is 12.3. The van der Waals surface area contributed by atoms with Gasteiger partial charge in [-0.15, -0.1) is 0 Å². The number of fused-ring (bicyclic) bond motifs is 1. The summed E-state index contributed by atoms with van der Waals surface area (Å²) in [7, 11) is 1.64. The molecule has 1 fully saturated rings. The van der Waals surface area contributed by atoms with Crippen molar-refractivity contribution in [3.05, 3.63) is 51.8 Å². The van der Waals surface area contributed by atoms with E-state index in [0.717, 1.165) is 24.5 Å². The van der Waals surface area contributed by atoms with Gasteiger partial charge in [0.05, 0.1) is 28.7 Å². The number of halogens is 1. The molecule has 0 unspecified atom stereocenters. The maximum Gasteiger partial charge on any atom is 0.259 e. The van der Waals surface area contributed by atoms with E-state index in [9.17, 15) is 4.79 Å². The molecule has 2 aromatic carbocycles. The van der Waals surface area contributed by atoms with E-state index < -0.39 is 0 Å². The lowest BCUT2D eigenvalue weighted by Gasteiger charge is -2.22. The van der Waals surface area contributed by atoms with Crippen molar-refractivity contribution >= 4 is 28.2 Å². The summed E-state index contributed by atoms with van der Waals surface area (Å²) in [5, 5.41) is 1.10. The zero-order valence-electron chi connectivity index (χ0n) is 13.9. The molecule has 1 aromatic heterocycles. The molecule has 1 saturated heterocycles. The smallest absolute Gasteiger partial charge is 0.259 e. The van der Waals surface area contributed by atoms with Gasteiger partial charge in [0.2, 0.25) is 0 Å². The van der Waals surface area contributed by atoms with Crippen molar-refractivity contribution in [3.63, 3.8) is 0 Å². The fraction of sp³-hybridized carbons (Fsp3) is 0.263. The highest BCUT2D eigenvalue weighted by molar-refractivity contribution is 6.33. The number of benzene rings is 2. The summed E-state index contributed by atoms with van der Waals surface area (Å²) in [6, 6.07) is 11.0. The number of nitrogens with one attached hydrogen (secondary N) is 1. The fourth-order valence-corrected chi connectivity index (χ4v) is 3.55. The van der Waals surface area contributed by atoms with Crippen LogP contribution in [0.4, 0.5) is 5.69 Å². The molecule has 0 bridgehead atoms. The first-order valence-corrected chi connectivity index (χ1v) is 8.67. The van der Waals surface area contributed by atoms with Crippen LogP contribution < -0.4 is 15.2 Å². The van der Waals surface area contributed by atoms with Gasteiger partial charge in [0.1, 0.15) is 11.6 Å². The summed E-state index contributed by atoms with van der Waals surface area (Å²) in [5.74, 6) is 1.18. The highest BCUT2D eigenvalue weighted by Gasteiger charge is 2.20. The molecule has 0 amide bonds. The van der Waals surface area contributed by atoms with Crippen molar-refractivity contribution in [1.29, 1.82) is 0 Å². The van der Waals surface area contributed by atoms with Gasteiger partial charge in [0.15, 0.2) is 0 Å². The molecule has 2 heterocycles. The second-order valence-corrected chi connectivity index (χ2v) is 6.54. The van der Waals surface area contributed by atoms with Crippen LogP contribution in [0.1, 0.15) is 12.8 Å². The average Bonchev–Trinajstić information content (AvgIpc) is 3.16.